The van der Waals surface area contributed by atoms with Crippen LogP contribution in [0.4, 0.5) is 0 Å². The van der Waals surface area contributed by atoms with Gasteiger partial charge in [-0.3, -0.25) is 11.3 Å². The minimum atomic E-state index is -0.0350. The van der Waals surface area contributed by atoms with Gasteiger partial charge in [-0.05, 0) is 45.4 Å². The Morgan fingerprint density at radius 1 is 1.35 bits per heavy atom. The SMILES string of the molecule is CCOC1(C(NN)C2=CCCCC2)CCCC1. The molecule has 0 spiro atoms. The van der Waals surface area contributed by atoms with E-state index in [1.54, 1.807) is 0 Å². The fourth-order valence-electron chi connectivity index (χ4n) is 3.50. The second kappa shape index (κ2) is 5.98. The zero-order valence-electron chi connectivity index (χ0n) is 11.0. The number of rotatable bonds is 5. The summed E-state index contributed by atoms with van der Waals surface area (Å²) in [6.07, 6.45) is 12.2. The third kappa shape index (κ3) is 2.72. The van der Waals surface area contributed by atoms with E-state index in [4.69, 9.17) is 10.6 Å². The number of hydrazine groups is 1. The minimum absolute atomic E-state index is 0.0350. The van der Waals surface area contributed by atoms with E-state index in [2.05, 4.69) is 18.4 Å². The molecule has 1 atom stereocenters. The summed E-state index contributed by atoms with van der Waals surface area (Å²) in [7, 11) is 0. The number of hydrogen-bond donors (Lipinski definition) is 2. The molecule has 1 fully saturated rings. The first-order chi connectivity index (χ1) is 8.32. The summed E-state index contributed by atoms with van der Waals surface area (Å²) in [5, 5.41) is 0. The third-order valence-electron chi connectivity index (χ3n) is 4.27. The van der Waals surface area contributed by atoms with E-state index >= 15 is 0 Å². The maximum Gasteiger partial charge on any atom is 0.0885 e. The minimum Gasteiger partial charge on any atom is -0.373 e. The highest BCUT2D eigenvalue weighted by molar-refractivity contribution is 5.20. The first-order valence-electron chi connectivity index (χ1n) is 7.11. The monoisotopic (exact) mass is 238 g/mol. The molecule has 3 heteroatoms. The van der Waals surface area contributed by atoms with Crippen LogP contribution in [0.15, 0.2) is 11.6 Å². The Kier molecular flexibility index (Phi) is 4.60. The van der Waals surface area contributed by atoms with Crippen molar-refractivity contribution in [2.75, 3.05) is 6.61 Å². The standard InChI is InChI=1S/C14H26N2O/c1-2-17-14(10-6-7-11-14)13(16-15)12-8-4-3-5-9-12/h8,13,16H,2-7,9-11,15H2,1H3. The average molecular weight is 238 g/mol. The molecule has 1 unspecified atom stereocenters. The Morgan fingerprint density at radius 2 is 2.12 bits per heavy atom. The normalized spacial score (nSPS) is 25.6. The second-order valence-electron chi connectivity index (χ2n) is 5.33. The van der Waals surface area contributed by atoms with Gasteiger partial charge < -0.3 is 4.74 Å². The van der Waals surface area contributed by atoms with Gasteiger partial charge in [-0.1, -0.05) is 24.5 Å². The van der Waals surface area contributed by atoms with Crippen molar-refractivity contribution in [2.45, 2.75) is 69.9 Å². The Labute approximate surface area is 105 Å². The predicted octanol–water partition coefficient (Wildman–Crippen LogP) is 2.67. The molecule has 0 aromatic rings. The van der Waals surface area contributed by atoms with Gasteiger partial charge in [0.05, 0.1) is 11.6 Å². The van der Waals surface area contributed by atoms with Gasteiger partial charge in [0, 0.05) is 6.61 Å². The van der Waals surface area contributed by atoms with Crippen molar-refractivity contribution in [1.82, 2.24) is 5.43 Å². The number of nitrogens with two attached hydrogens (primary N) is 1. The first-order valence-corrected chi connectivity index (χ1v) is 7.11. The molecule has 2 rings (SSSR count). The third-order valence-corrected chi connectivity index (χ3v) is 4.27. The second-order valence-corrected chi connectivity index (χ2v) is 5.33. The van der Waals surface area contributed by atoms with Crippen LogP contribution in [0.25, 0.3) is 0 Å². The molecule has 0 aromatic heterocycles. The Balaban J connectivity index is 2.16. The summed E-state index contributed by atoms with van der Waals surface area (Å²) in [6.45, 7) is 2.87. The van der Waals surface area contributed by atoms with Crippen molar-refractivity contribution in [3.8, 4) is 0 Å². The van der Waals surface area contributed by atoms with Crippen LogP contribution in [-0.4, -0.2) is 18.2 Å². The van der Waals surface area contributed by atoms with Crippen molar-refractivity contribution in [2.24, 2.45) is 5.84 Å². The Bertz CT molecular complexity index is 269. The van der Waals surface area contributed by atoms with Crippen LogP contribution in [0.1, 0.15) is 58.3 Å². The first kappa shape index (κ1) is 13.1. The summed E-state index contributed by atoms with van der Waals surface area (Å²) in [4.78, 5) is 0. The highest BCUT2D eigenvalue weighted by Crippen LogP contribution is 2.40. The highest BCUT2D eigenvalue weighted by Gasteiger charge is 2.43. The lowest BCUT2D eigenvalue weighted by Crippen LogP contribution is -2.54. The summed E-state index contributed by atoms with van der Waals surface area (Å²) in [5.74, 6) is 5.83. The molecule has 0 heterocycles. The smallest absolute Gasteiger partial charge is 0.0885 e. The summed E-state index contributed by atoms with van der Waals surface area (Å²) in [6, 6.07) is 0.227. The molecule has 17 heavy (non-hydrogen) atoms. The van der Waals surface area contributed by atoms with Crippen LogP contribution in [0.2, 0.25) is 0 Å². The largest absolute Gasteiger partial charge is 0.373 e. The van der Waals surface area contributed by atoms with Gasteiger partial charge in [0.2, 0.25) is 0 Å². The Hall–Kier alpha value is -0.380. The lowest BCUT2D eigenvalue weighted by molar-refractivity contribution is -0.0537. The summed E-state index contributed by atoms with van der Waals surface area (Å²) in [5.41, 5.74) is 4.49. The van der Waals surface area contributed by atoms with E-state index in [1.807, 2.05) is 0 Å². The summed E-state index contributed by atoms with van der Waals surface area (Å²) >= 11 is 0. The highest BCUT2D eigenvalue weighted by atomic mass is 16.5. The van der Waals surface area contributed by atoms with E-state index in [0.29, 0.717) is 0 Å². The molecular formula is C14H26N2O. The lowest BCUT2D eigenvalue weighted by Gasteiger charge is -2.39. The molecule has 0 aromatic carbocycles. The van der Waals surface area contributed by atoms with E-state index < -0.39 is 0 Å². The Morgan fingerprint density at radius 3 is 2.65 bits per heavy atom. The van der Waals surface area contributed by atoms with Crippen LogP contribution in [0.5, 0.6) is 0 Å². The molecule has 0 amide bonds. The lowest BCUT2D eigenvalue weighted by atomic mass is 9.82. The number of ether oxygens (including phenoxy) is 1. The van der Waals surface area contributed by atoms with Gasteiger partial charge >= 0.3 is 0 Å². The molecule has 2 aliphatic rings. The molecule has 0 saturated heterocycles. The molecular weight excluding hydrogens is 212 g/mol. The molecule has 3 nitrogen and oxygen atoms in total. The van der Waals surface area contributed by atoms with Gasteiger partial charge in [-0.25, -0.2) is 0 Å². The molecule has 0 radical (unpaired) electrons. The number of allylic oxidation sites excluding steroid dienone is 1. The van der Waals surface area contributed by atoms with Crippen molar-refractivity contribution >= 4 is 0 Å². The van der Waals surface area contributed by atoms with Gasteiger partial charge in [0.15, 0.2) is 0 Å². The predicted molar refractivity (Wildman–Crippen MR) is 70.5 cm³/mol. The maximum atomic E-state index is 6.11. The zero-order valence-corrected chi connectivity index (χ0v) is 11.0. The maximum absolute atomic E-state index is 6.11. The summed E-state index contributed by atoms with van der Waals surface area (Å²) < 4.78 is 6.11. The van der Waals surface area contributed by atoms with Crippen molar-refractivity contribution in [3.63, 3.8) is 0 Å². The van der Waals surface area contributed by atoms with Crippen LogP contribution < -0.4 is 11.3 Å². The molecule has 2 aliphatic carbocycles. The van der Waals surface area contributed by atoms with Gasteiger partial charge in [0.25, 0.3) is 0 Å². The quantitative estimate of drug-likeness (QED) is 0.440. The molecule has 0 bridgehead atoms. The fourth-order valence-corrected chi connectivity index (χ4v) is 3.50. The van der Waals surface area contributed by atoms with Crippen LogP contribution in [0, 0.1) is 0 Å². The van der Waals surface area contributed by atoms with Crippen molar-refractivity contribution in [1.29, 1.82) is 0 Å². The zero-order chi connectivity index (χ0) is 12.1. The van der Waals surface area contributed by atoms with E-state index in [1.165, 1.54) is 44.1 Å². The van der Waals surface area contributed by atoms with E-state index in [9.17, 15) is 0 Å². The van der Waals surface area contributed by atoms with Gasteiger partial charge in [-0.2, -0.15) is 0 Å². The average Bonchev–Trinajstić information content (AvgIpc) is 2.81. The van der Waals surface area contributed by atoms with Crippen LogP contribution in [-0.2, 0) is 4.74 Å². The topological polar surface area (TPSA) is 47.3 Å². The molecule has 0 aliphatic heterocycles. The fraction of sp³-hybridized carbons (Fsp3) is 0.857. The van der Waals surface area contributed by atoms with E-state index in [-0.39, 0.29) is 11.6 Å². The van der Waals surface area contributed by atoms with Crippen molar-refractivity contribution in [3.05, 3.63) is 11.6 Å². The van der Waals surface area contributed by atoms with Gasteiger partial charge in [-0.15, -0.1) is 0 Å². The van der Waals surface area contributed by atoms with E-state index in [0.717, 1.165) is 19.4 Å². The molecule has 1 saturated carbocycles. The van der Waals surface area contributed by atoms with Gasteiger partial charge in [0.1, 0.15) is 0 Å². The number of hydrogen-bond acceptors (Lipinski definition) is 3. The van der Waals surface area contributed by atoms with Crippen molar-refractivity contribution < 1.29 is 4.74 Å². The van der Waals surface area contributed by atoms with Crippen LogP contribution in [0.3, 0.4) is 0 Å². The molecule has 98 valence electrons. The molecule has 3 N–H and O–H groups in total. The number of nitrogens with one attached hydrogen (secondary N) is 1. The van der Waals surface area contributed by atoms with Crippen LogP contribution >= 0.6 is 0 Å².